The molecule has 1 rings (SSSR count). The van der Waals surface area contributed by atoms with Gasteiger partial charge in [-0.1, -0.05) is 28.9 Å². The van der Waals surface area contributed by atoms with Gasteiger partial charge in [-0.15, -0.1) is 0 Å². The van der Waals surface area contributed by atoms with Crippen LogP contribution in [0.3, 0.4) is 0 Å². The number of amidine groups is 1. The molecule has 0 amide bonds. The number of hydrogen-bond donors (Lipinski definition) is 1. The summed E-state index contributed by atoms with van der Waals surface area (Å²) in [6, 6.07) is 7.44. The maximum absolute atomic E-state index is 5.72. The average Bonchev–Trinajstić information content (AvgIpc) is 2.09. The second kappa shape index (κ2) is 4.72. The summed E-state index contributed by atoms with van der Waals surface area (Å²) < 4.78 is 0. The molecule has 0 aliphatic heterocycles. The van der Waals surface area contributed by atoms with E-state index in [0.717, 1.165) is 5.56 Å². The SMILES string of the molecule is CO/N=C(/N)Cc1ccc(Cl)cc1. The van der Waals surface area contributed by atoms with Gasteiger partial charge in [0.05, 0.1) is 0 Å². The minimum Gasteiger partial charge on any atom is -0.398 e. The van der Waals surface area contributed by atoms with Gasteiger partial charge in [-0.3, -0.25) is 0 Å². The predicted molar refractivity (Wildman–Crippen MR) is 53.8 cm³/mol. The minimum atomic E-state index is 0.449. The van der Waals surface area contributed by atoms with Crippen molar-refractivity contribution in [2.45, 2.75) is 6.42 Å². The van der Waals surface area contributed by atoms with Gasteiger partial charge >= 0.3 is 0 Å². The van der Waals surface area contributed by atoms with Gasteiger partial charge in [0.2, 0.25) is 0 Å². The van der Waals surface area contributed by atoms with Gasteiger partial charge in [0.15, 0.2) is 0 Å². The molecule has 0 atom stereocenters. The first-order chi connectivity index (χ1) is 6.22. The van der Waals surface area contributed by atoms with Gasteiger partial charge in [-0.25, -0.2) is 0 Å². The molecule has 0 saturated heterocycles. The third-order valence-electron chi connectivity index (χ3n) is 1.51. The van der Waals surface area contributed by atoms with E-state index in [1.807, 2.05) is 24.3 Å². The lowest BCUT2D eigenvalue weighted by Gasteiger charge is -1.99. The molecule has 2 N–H and O–H groups in total. The van der Waals surface area contributed by atoms with Crippen LogP contribution in [0.2, 0.25) is 5.02 Å². The number of halogens is 1. The Labute approximate surface area is 82.1 Å². The predicted octanol–water partition coefficient (Wildman–Crippen LogP) is 1.80. The molecule has 1 aromatic carbocycles. The van der Waals surface area contributed by atoms with E-state index in [0.29, 0.717) is 17.3 Å². The zero-order valence-corrected chi connectivity index (χ0v) is 8.08. The summed E-state index contributed by atoms with van der Waals surface area (Å²) in [6.07, 6.45) is 0.574. The molecule has 0 heterocycles. The fourth-order valence-corrected chi connectivity index (χ4v) is 1.09. The Hall–Kier alpha value is -1.22. The second-order valence-electron chi connectivity index (χ2n) is 2.57. The third-order valence-corrected chi connectivity index (χ3v) is 1.76. The molecule has 0 saturated carbocycles. The number of oxime groups is 1. The summed E-state index contributed by atoms with van der Waals surface area (Å²) >= 11 is 5.72. The smallest absolute Gasteiger partial charge is 0.143 e. The fraction of sp³-hybridized carbons (Fsp3) is 0.222. The van der Waals surface area contributed by atoms with Gasteiger partial charge in [-0.2, -0.15) is 0 Å². The Morgan fingerprint density at radius 2 is 2.08 bits per heavy atom. The lowest BCUT2D eigenvalue weighted by atomic mass is 10.1. The summed E-state index contributed by atoms with van der Waals surface area (Å²) in [5, 5.41) is 4.32. The highest BCUT2D eigenvalue weighted by Gasteiger charge is 1.96. The van der Waals surface area contributed by atoms with Crippen molar-refractivity contribution in [3.63, 3.8) is 0 Å². The molecular weight excluding hydrogens is 188 g/mol. The van der Waals surface area contributed by atoms with Crippen molar-refractivity contribution in [1.29, 1.82) is 0 Å². The molecule has 1 aromatic rings. The number of rotatable bonds is 3. The van der Waals surface area contributed by atoms with E-state index >= 15 is 0 Å². The van der Waals surface area contributed by atoms with Crippen molar-refractivity contribution in [1.82, 2.24) is 0 Å². The maximum Gasteiger partial charge on any atom is 0.143 e. The molecule has 0 bridgehead atoms. The summed E-state index contributed by atoms with van der Waals surface area (Å²) in [6.45, 7) is 0. The Kier molecular flexibility index (Phi) is 3.58. The van der Waals surface area contributed by atoms with Crippen molar-refractivity contribution < 1.29 is 4.84 Å². The Morgan fingerprint density at radius 1 is 1.46 bits per heavy atom. The number of nitrogens with zero attached hydrogens (tertiary/aromatic N) is 1. The molecule has 0 unspecified atom stereocenters. The van der Waals surface area contributed by atoms with Crippen LogP contribution in [-0.2, 0) is 11.3 Å². The molecule has 0 aliphatic rings. The lowest BCUT2D eigenvalue weighted by Crippen LogP contribution is -2.14. The normalized spacial score (nSPS) is 11.4. The highest BCUT2D eigenvalue weighted by molar-refractivity contribution is 6.30. The number of nitrogens with two attached hydrogens (primary N) is 1. The van der Waals surface area contributed by atoms with Gasteiger partial charge < -0.3 is 10.6 Å². The van der Waals surface area contributed by atoms with Crippen LogP contribution in [0, 0.1) is 0 Å². The van der Waals surface area contributed by atoms with Crippen LogP contribution in [0.25, 0.3) is 0 Å². The summed E-state index contributed by atoms with van der Waals surface area (Å²) in [7, 11) is 1.47. The number of benzene rings is 1. The van der Waals surface area contributed by atoms with E-state index in [9.17, 15) is 0 Å². The molecular formula is C9H11ClN2O. The molecule has 0 aliphatic carbocycles. The number of hydrogen-bond acceptors (Lipinski definition) is 2. The van der Waals surface area contributed by atoms with E-state index in [2.05, 4.69) is 9.99 Å². The van der Waals surface area contributed by atoms with Crippen LogP contribution in [0.15, 0.2) is 29.4 Å². The molecule has 0 aromatic heterocycles. The van der Waals surface area contributed by atoms with Crippen molar-refractivity contribution in [3.05, 3.63) is 34.9 Å². The second-order valence-corrected chi connectivity index (χ2v) is 3.00. The largest absolute Gasteiger partial charge is 0.398 e. The molecule has 0 fully saturated rings. The van der Waals surface area contributed by atoms with E-state index in [4.69, 9.17) is 17.3 Å². The lowest BCUT2D eigenvalue weighted by molar-refractivity contribution is 0.212. The van der Waals surface area contributed by atoms with Gasteiger partial charge in [0, 0.05) is 11.4 Å². The Balaban J connectivity index is 2.64. The summed E-state index contributed by atoms with van der Waals surface area (Å²) in [5.41, 5.74) is 6.60. The quantitative estimate of drug-likeness (QED) is 0.458. The monoisotopic (exact) mass is 198 g/mol. The Morgan fingerprint density at radius 3 is 2.62 bits per heavy atom. The summed E-state index contributed by atoms with van der Waals surface area (Å²) in [4.78, 5) is 4.54. The fourth-order valence-electron chi connectivity index (χ4n) is 0.961. The average molecular weight is 199 g/mol. The van der Waals surface area contributed by atoms with Crippen molar-refractivity contribution >= 4 is 17.4 Å². The first-order valence-corrected chi connectivity index (χ1v) is 4.20. The van der Waals surface area contributed by atoms with Crippen molar-refractivity contribution in [3.8, 4) is 0 Å². The van der Waals surface area contributed by atoms with Crippen LogP contribution in [0.4, 0.5) is 0 Å². The van der Waals surface area contributed by atoms with E-state index in [1.165, 1.54) is 7.11 Å². The molecule has 4 heteroatoms. The van der Waals surface area contributed by atoms with Crippen LogP contribution >= 0.6 is 11.6 Å². The third kappa shape index (κ3) is 3.34. The van der Waals surface area contributed by atoms with E-state index in [-0.39, 0.29) is 0 Å². The van der Waals surface area contributed by atoms with E-state index < -0.39 is 0 Å². The van der Waals surface area contributed by atoms with Gasteiger partial charge in [0.1, 0.15) is 12.9 Å². The first kappa shape index (κ1) is 9.86. The van der Waals surface area contributed by atoms with Crippen molar-refractivity contribution in [2.75, 3.05) is 7.11 Å². The molecule has 0 spiro atoms. The highest BCUT2D eigenvalue weighted by atomic mass is 35.5. The standard InChI is InChI=1S/C9H11ClN2O/c1-13-12-9(11)6-7-2-4-8(10)5-3-7/h2-5H,6H2,1H3,(H2,11,12). The molecule has 3 nitrogen and oxygen atoms in total. The first-order valence-electron chi connectivity index (χ1n) is 3.82. The zero-order chi connectivity index (χ0) is 9.68. The van der Waals surface area contributed by atoms with E-state index in [1.54, 1.807) is 0 Å². The van der Waals surface area contributed by atoms with Crippen LogP contribution in [-0.4, -0.2) is 12.9 Å². The van der Waals surface area contributed by atoms with Gasteiger partial charge in [0.25, 0.3) is 0 Å². The molecule has 13 heavy (non-hydrogen) atoms. The maximum atomic E-state index is 5.72. The van der Waals surface area contributed by atoms with Gasteiger partial charge in [-0.05, 0) is 17.7 Å². The minimum absolute atomic E-state index is 0.449. The molecule has 70 valence electrons. The van der Waals surface area contributed by atoms with Crippen LogP contribution < -0.4 is 5.73 Å². The van der Waals surface area contributed by atoms with Crippen molar-refractivity contribution in [2.24, 2.45) is 10.9 Å². The molecule has 0 radical (unpaired) electrons. The highest BCUT2D eigenvalue weighted by Crippen LogP contribution is 2.09. The topological polar surface area (TPSA) is 47.6 Å². The summed E-state index contributed by atoms with van der Waals surface area (Å²) in [5.74, 6) is 0.449. The Bertz CT molecular complexity index is 295. The van der Waals surface area contributed by atoms with Crippen LogP contribution in [0.5, 0.6) is 0 Å². The van der Waals surface area contributed by atoms with Crippen LogP contribution in [0.1, 0.15) is 5.56 Å². The zero-order valence-electron chi connectivity index (χ0n) is 7.33.